The fourth-order valence-corrected chi connectivity index (χ4v) is 5.36. The topological polar surface area (TPSA) is 105 Å². The SMILES string of the molecule is Cc1ccc(S(=O)(=O)OCC/C=C(/CCOS(=O)(=O)c2ccc(C)cc2)B2OC(C)(C)C(C)(C)O2)cc1. The maximum Gasteiger partial charge on any atom is 0.490 e. The Morgan fingerprint density at radius 2 is 1.16 bits per heavy atom. The summed E-state index contributed by atoms with van der Waals surface area (Å²) in [6.07, 6.45) is 2.20. The van der Waals surface area contributed by atoms with Gasteiger partial charge < -0.3 is 9.31 Å². The minimum atomic E-state index is -3.93. The average Bonchev–Trinajstić information content (AvgIpc) is 3.02. The van der Waals surface area contributed by atoms with Crippen LogP contribution in [-0.4, -0.2) is 48.4 Å². The van der Waals surface area contributed by atoms with Crippen LogP contribution in [0.15, 0.2) is 69.9 Å². The zero-order chi connectivity index (χ0) is 27.5. The number of rotatable bonds is 11. The van der Waals surface area contributed by atoms with Crippen molar-refractivity contribution in [3.8, 4) is 0 Å². The molecule has 1 aliphatic heterocycles. The lowest BCUT2D eigenvalue weighted by atomic mass is 9.76. The molecule has 11 heteroatoms. The van der Waals surface area contributed by atoms with E-state index in [4.69, 9.17) is 17.7 Å². The number of benzene rings is 2. The summed E-state index contributed by atoms with van der Waals surface area (Å²) in [5.41, 5.74) is 1.33. The molecule has 1 fully saturated rings. The van der Waals surface area contributed by atoms with Crippen LogP contribution in [-0.2, 0) is 37.9 Å². The number of hydrogen-bond acceptors (Lipinski definition) is 8. The molecule has 0 N–H and O–H groups in total. The van der Waals surface area contributed by atoms with Crippen molar-refractivity contribution in [2.24, 2.45) is 0 Å². The molecule has 3 rings (SSSR count). The first-order valence-electron chi connectivity index (χ1n) is 12.1. The van der Waals surface area contributed by atoms with Crippen LogP contribution < -0.4 is 0 Å². The van der Waals surface area contributed by atoms with Gasteiger partial charge in [0.15, 0.2) is 0 Å². The maximum atomic E-state index is 12.6. The molecule has 0 radical (unpaired) electrons. The highest BCUT2D eigenvalue weighted by Gasteiger charge is 2.52. The molecular weight excluding hydrogens is 515 g/mol. The van der Waals surface area contributed by atoms with Crippen molar-refractivity contribution < 1.29 is 34.5 Å². The Morgan fingerprint density at radius 3 is 1.59 bits per heavy atom. The summed E-state index contributed by atoms with van der Waals surface area (Å²) < 4.78 is 72.9. The minimum Gasteiger partial charge on any atom is -0.400 e. The fraction of sp³-hybridized carbons (Fsp3) is 0.462. The summed E-state index contributed by atoms with van der Waals surface area (Å²) in [4.78, 5) is 0.164. The van der Waals surface area contributed by atoms with Gasteiger partial charge in [-0.05, 0) is 84.1 Å². The van der Waals surface area contributed by atoms with Gasteiger partial charge in [0.2, 0.25) is 0 Å². The predicted octanol–water partition coefficient (Wildman–Crippen LogP) is 4.75. The molecule has 0 saturated carbocycles. The largest absolute Gasteiger partial charge is 0.490 e. The molecule has 0 aliphatic carbocycles. The Kier molecular flexibility index (Phi) is 9.09. The van der Waals surface area contributed by atoms with E-state index in [1.165, 1.54) is 24.3 Å². The van der Waals surface area contributed by atoms with Gasteiger partial charge in [-0.25, -0.2) is 0 Å². The molecule has 2 aromatic rings. The molecule has 202 valence electrons. The molecule has 1 heterocycles. The summed E-state index contributed by atoms with van der Waals surface area (Å²) in [6.45, 7) is 11.2. The molecule has 37 heavy (non-hydrogen) atoms. The van der Waals surface area contributed by atoms with E-state index in [0.717, 1.165) is 11.1 Å². The van der Waals surface area contributed by atoms with Gasteiger partial charge in [0.1, 0.15) is 0 Å². The third-order valence-corrected chi connectivity index (χ3v) is 9.22. The number of hydrogen-bond donors (Lipinski definition) is 0. The van der Waals surface area contributed by atoms with Gasteiger partial charge in [-0.1, -0.05) is 41.5 Å². The second-order valence-electron chi connectivity index (χ2n) is 10.1. The second kappa shape index (κ2) is 11.4. The van der Waals surface area contributed by atoms with Crippen LogP contribution in [0.25, 0.3) is 0 Å². The highest BCUT2D eigenvalue weighted by Crippen LogP contribution is 2.39. The molecular formula is C26H35BO8S2. The van der Waals surface area contributed by atoms with Crippen molar-refractivity contribution in [2.75, 3.05) is 13.2 Å². The van der Waals surface area contributed by atoms with Crippen molar-refractivity contribution >= 4 is 27.4 Å². The van der Waals surface area contributed by atoms with E-state index >= 15 is 0 Å². The molecule has 1 saturated heterocycles. The van der Waals surface area contributed by atoms with Crippen LogP contribution in [0.2, 0.25) is 0 Å². The van der Waals surface area contributed by atoms with Gasteiger partial charge in [0.05, 0.1) is 34.2 Å². The van der Waals surface area contributed by atoms with Crippen LogP contribution in [0.1, 0.15) is 51.7 Å². The highest BCUT2D eigenvalue weighted by atomic mass is 32.2. The van der Waals surface area contributed by atoms with Gasteiger partial charge in [-0.2, -0.15) is 16.8 Å². The first-order chi connectivity index (χ1) is 17.1. The summed E-state index contributed by atoms with van der Waals surface area (Å²) >= 11 is 0. The Labute approximate surface area is 221 Å². The first-order valence-corrected chi connectivity index (χ1v) is 14.9. The Balaban J connectivity index is 1.68. The van der Waals surface area contributed by atoms with Crippen LogP contribution in [0, 0.1) is 13.8 Å². The zero-order valence-corrected chi connectivity index (χ0v) is 23.8. The Morgan fingerprint density at radius 1 is 0.757 bits per heavy atom. The van der Waals surface area contributed by atoms with Crippen LogP contribution >= 0.6 is 0 Å². The van der Waals surface area contributed by atoms with Crippen LogP contribution in [0.4, 0.5) is 0 Å². The van der Waals surface area contributed by atoms with Crippen molar-refractivity contribution in [1.82, 2.24) is 0 Å². The van der Waals surface area contributed by atoms with Crippen LogP contribution in [0.5, 0.6) is 0 Å². The van der Waals surface area contributed by atoms with Gasteiger partial charge in [-0.15, -0.1) is 0 Å². The lowest BCUT2D eigenvalue weighted by molar-refractivity contribution is 0.00578. The molecule has 0 unspecified atom stereocenters. The molecule has 0 atom stereocenters. The quantitative estimate of drug-likeness (QED) is 0.224. The molecule has 2 aromatic carbocycles. The van der Waals surface area contributed by atoms with E-state index in [0.29, 0.717) is 5.47 Å². The lowest BCUT2D eigenvalue weighted by Crippen LogP contribution is -2.41. The average molecular weight is 551 g/mol. The monoisotopic (exact) mass is 550 g/mol. The lowest BCUT2D eigenvalue weighted by Gasteiger charge is -2.32. The Hall–Kier alpha value is -2.02. The Bertz CT molecular complexity index is 1300. The maximum absolute atomic E-state index is 12.6. The first kappa shape index (κ1) is 29.5. The molecule has 8 nitrogen and oxygen atoms in total. The second-order valence-corrected chi connectivity index (χ2v) is 13.3. The zero-order valence-electron chi connectivity index (χ0n) is 22.2. The van der Waals surface area contributed by atoms with Gasteiger partial charge in [0.25, 0.3) is 20.2 Å². The minimum absolute atomic E-state index is 0.0778. The third kappa shape index (κ3) is 7.52. The van der Waals surface area contributed by atoms with Crippen molar-refractivity contribution in [2.45, 2.75) is 75.4 Å². The third-order valence-electron chi connectivity index (χ3n) is 6.57. The highest BCUT2D eigenvalue weighted by molar-refractivity contribution is 7.87. The summed E-state index contributed by atoms with van der Waals surface area (Å²) in [7, 11) is -8.56. The molecule has 0 amide bonds. The molecule has 0 spiro atoms. The normalized spacial score (nSPS) is 17.8. The van der Waals surface area contributed by atoms with Crippen molar-refractivity contribution in [1.29, 1.82) is 0 Å². The summed E-state index contributed by atoms with van der Waals surface area (Å²) in [6, 6.07) is 12.8. The van der Waals surface area contributed by atoms with Crippen molar-refractivity contribution in [3.05, 3.63) is 71.2 Å². The van der Waals surface area contributed by atoms with Crippen LogP contribution in [0.3, 0.4) is 0 Å². The van der Waals surface area contributed by atoms with E-state index < -0.39 is 38.6 Å². The van der Waals surface area contributed by atoms with E-state index in [1.54, 1.807) is 30.3 Å². The molecule has 0 bridgehead atoms. The standard InChI is InChI=1S/C26H35BO8S2/c1-20-9-13-23(14-10-20)36(28,29)32-18-7-8-22(27-34-25(3,4)26(5,6)35-27)17-19-33-37(30,31)24-15-11-21(2)12-16-24/h8-16H,7,17-19H2,1-6H3/b22-8-. The van der Waals surface area contributed by atoms with Gasteiger partial charge in [-0.3, -0.25) is 8.37 Å². The van der Waals surface area contributed by atoms with Crippen molar-refractivity contribution in [3.63, 3.8) is 0 Å². The van der Waals surface area contributed by atoms with Gasteiger partial charge in [0, 0.05) is 0 Å². The number of aryl methyl sites for hydroxylation is 2. The molecule has 0 aromatic heterocycles. The van der Waals surface area contributed by atoms with E-state index in [2.05, 4.69) is 0 Å². The van der Waals surface area contributed by atoms with Gasteiger partial charge >= 0.3 is 7.12 Å². The molecule has 1 aliphatic rings. The summed E-state index contributed by atoms with van der Waals surface area (Å²) in [5.74, 6) is 0. The van der Waals surface area contributed by atoms with E-state index in [1.807, 2.05) is 41.5 Å². The predicted molar refractivity (Wildman–Crippen MR) is 142 cm³/mol. The van der Waals surface area contributed by atoms with E-state index in [-0.39, 0.29) is 35.8 Å². The van der Waals surface area contributed by atoms with E-state index in [9.17, 15) is 16.8 Å². The fourth-order valence-electron chi connectivity index (χ4n) is 3.53. The summed E-state index contributed by atoms with van der Waals surface area (Å²) in [5, 5.41) is 0. The smallest absolute Gasteiger partial charge is 0.400 e.